The van der Waals surface area contributed by atoms with Crippen molar-refractivity contribution in [3.8, 4) is 34.9 Å². The minimum Gasteiger partial charge on any atom is -0.282 e. The molecule has 1 fully saturated rings. The maximum Gasteiger partial charge on any atom is 0.111 e. The van der Waals surface area contributed by atoms with Gasteiger partial charge in [-0.1, -0.05) is 0 Å². The molecular formula is C23H20N8. The molecule has 152 valence electrons. The zero-order chi connectivity index (χ0) is 21.6. The number of hydrogen-bond donors (Lipinski definition) is 1. The van der Waals surface area contributed by atoms with Crippen molar-refractivity contribution in [1.29, 1.82) is 10.5 Å². The van der Waals surface area contributed by atoms with E-state index in [1.165, 1.54) is 0 Å². The van der Waals surface area contributed by atoms with Gasteiger partial charge in [-0.05, 0) is 57.0 Å². The fourth-order valence-electron chi connectivity index (χ4n) is 4.66. The summed E-state index contributed by atoms with van der Waals surface area (Å²) in [7, 11) is 0. The third kappa shape index (κ3) is 3.04. The number of hydrogen-bond acceptors (Lipinski definition) is 6. The summed E-state index contributed by atoms with van der Waals surface area (Å²) in [6.45, 7) is 3.88. The first-order valence-electron chi connectivity index (χ1n) is 10.1. The number of nitrogens with zero attached hydrogens (tertiary/aromatic N) is 7. The first kappa shape index (κ1) is 19.0. The second-order valence-electron chi connectivity index (χ2n) is 8.59. The Morgan fingerprint density at radius 1 is 1.16 bits per heavy atom. The fourth-order valence-corrected chi connectivity index (χ4v) is 4.66. The number of nitrogens with one attached hydrogen (secondary N) is 1. The molecule has 1 N–H and O–H groups in total. The van der Waals surface area contributed by atoms with Crippen molar-refractivity contribution in [3.05, 3.63) is 48.4 Å². The Morgan fingerprint density at radius 2 is 2.00 bits per heavy atom. The molecule has 0 atom stereocenters. The van der Waals surface area contributed by atoms with E-state index < -0.39 is 11.0 Å². The lowest BCUT2D eigenvalue weighted by Crippen LogP contribution is -2.51. The third-order valence-corrected chi connectivity index (χ3v) is 6.00. The van der Waals surface area contributed by atoms with Crippen LogP contribution < -0.4 is 0 Å². The van der Waals surface area contributed by atoms with E-state index in [1.54, 1.807) is 6.20 Å². The van der Waals surface area contributed by atoms with Gasteiger partial charge in [0, 0.05) is 23.5 Å². The Morgan fingerprint density at radius 3 is 2.71 bits per heavy atom. The number of rotatable bonds is 4. The van der Waals surface area contributed by atoms with Gasteiger partial charge in [-0.25, -0.2) is 4.98 Å². The molecule has 8 heteroatoms. The van der Waals surface area contributed by atoms with E-state index >= 15 is 0 Å². The van der Waals surface area contributed by atoms with E-state index in [1.807, 2.05) is 55.1 Å². The molecular weight excluding hydrogens is 388 g/mol. The standard InChI is InChI=1S/C23H20N8/c1-15-10-20(29-28-15)19-11-18-16(4-3-8-26-18)21(27-19)17-5-9-31(30-17)23(6-7-24)12-22(2,13-23)14-25/h3-5,8-11H,6,12-13H2,1-2H3,(H,28,29). The van der Waals surface area contributed by atoms with Crippen molar-refractivity contribution in [3.63, 3.8) is 0 Å². The summed E-state index contributed by atoms with van der Waals surface area (Å²) in [5.41, 5.74) is 3.77. The Kier molecular flexibility index (Phi) is 4.13. The van der Waals surface area contributed by atoms with Crippen LogP contribution in [-0.2, 0) is 5.54 Å². The molecule has 0 saturated heterocycles. The number of nitriles is 2. The highest BCUT2D eigenvalue weighted by Gasteiger charge is 2.54. The van der Waals surface area contributed by atoms with Crippen LogP contribution in [0, 0.1) is 35.0 Å². The molecule has 8 nitrogen and oxygen atoms in total. The van der Waals surface area contributed by atoms with Crippen molar-refractivity contribution in [2.75, 3.05) is 0 Å². The number of fused-ring (bicyclic) bond motifs is 1. The van der Waals surface area contributed by atoms with Crippen LogP contribution in [0.25, 0.3) is 33.7 Å². The predicted octanol–water partition coefficient (Wildman–Crippen LogP) is 4.12. The van der Waals surface area contributed by atoms with Crippen molar-refractivity contribution in [1.82, 2.24) is 29.9 Å². The number of aryl methyl sites for hydroxylation is 1. The highest BCUT2D eigenvalue weighted by Crippen LogP contribution is 2.54. The molecule has 1 aliphatic rings. The fraction of sp³-hybridized carbons (Fsp3) is 0.304. The molecule has 1 saturated carbocycles. The van der Waals surface area contributed by atoms with Crippen LogP contribution in [0.15, 0.2) is 42.7 Å². The van der Waals surface area contributed by atoms with E-state index in [2.05, 4.69) is 27.3 Å². The molecule has 0 radical (unpaired) electrons. The largest absolute Gasteiger partial charge is 0.282 e. The number of H-pyrrole nitrogens is 1. The summed E-state index contributed by atoms with van der Waals surface area (Å²) >= 11 is 0. The molecule has 0 aliphatic heterocycles. The van der Waals surface area contributed by atoms with Gasteiger partial charge in [0.1, 0.15) is 17.1 Å². The zero-order valence-corrected chi connectivity index (χ0v) is 17.3. The maximum atomic E-state index is 9.45. The van der Waals surface area contributed by atoms with E-state index in [0.29, 0.717) is 30.7 Å². The van der Waals surface area contributed by atoms with Crippen molar-refractivity contribution < 1.29 is 0 Å². The van der Waals surface area contributed by atoms with Crippen molar-refractivity contribution >= 4 is 10.9 Å². The van der Waals surface area contributed by atoms with Gasteiger partial charge in [-0.2, -0.15) is 20.7 Å². The summed E-state index contributed by atoms with van der Waals surface area (Å²) in [6, 6.07) is 14.3. The summed E-state index contributed by atoms with van der Waals surface area (Å²) in [4.78, 5) is 9.38. The molecule has 5 rings (SSSR count). The van der Waals surface area contributed by atoms with E-state index in [9.17, 15) is 10.5 Å². The number of pyridine rings is 2. The van der Waals surface area contributed by atoms with Crippen LogP contribution in [0.4, 0.5) is 0 Å². The van der Waals surface area contributed by atoms with Crippen LogP contribution >= 0.6 is 0 Å². The quantitative estimate of drug-likeness (QED) is 0.542. The highest BCUT2D eigenvalue weighted by atomic mass is 15.3. The lowest BCUT2D eigenvalue weighted by atomic mass is 9.58. The minimum absolute atomic E-state index is 0.313. The van der Waals surface area contributed by atoms with Crippen molar-refractivity contribution in [2.45, 2.75) is 38.6 Å². The molecule has 0 amide bonds. The lowest BCUT2D eigenvalue weighted by Gasteiger charge is -2.50. The van der Waals surface area contributed by atoms with Gasteiger partial charge < -0.3 is 0 Å². The van der Waals surface area contributed by atoms with Crippen LogP contribution in [-0.4, -0.2) is 29.9 Å². The van der Waals surface area contributed by atoms with Crippen LogP contribution in [0.2, 0.25) is 0 Å². The molecule has 0 aromatic carbocycles. The molecule has 4 heterocycles. The summed E-state index contributed by atoms with van der Waals surface area (Å²) < 4.78 is 1.85. The summed E-state index contributed by atoms with van der Waals surface area (Å²) in [6.07, 6.45) is 5.16. The second-order valence-corrected chi connectivity index (χ2v) is 8.59. The third-order valence-electron chi connectivity index (χ3n) is 6.00. The van der Waals surface area contributed by atoms with E-state index in [-0.39, 0.29) is 0 Å². The molecule has 31 heavy (non-hydrogen) atoms. The minimum atomic E-state index is -0.456. The van der Waals surface area contributed by atoms with Gasteiger partial charge in [0.15, 0.2) is 0 Å². The topological polar surface area (TPSA) is 120 Å². The van der Waals surface area contributed by atoms with Gasteiger partial charge in [0.2, 0.25) is 0 Å². The Hall–Kier alpha value is -4.04. The Bertz CT molecular complexity index is 1370. The molecule has 0 unspecified atom stereocenters. The zero-order valence-electron chi connectivity index (χ0n) is 17.3. The van der Waals surface area contributed by atoms with Gasteiger partial charge in [0.05, 0.1) is 40.7 Å². The van der Waals surface area contributed by atoms with Gasteiger partial charge in [-0.3, -0.25) is 14.8 Å². The van der Waals surface area contributed by atoms with Crippen LogP contribution in [0.5, 0.6) is 0 Å². The molecule has 0 spiro atoms. The SMILES string of the molecule is Cc1cc(-c2cc3ncccc3c(-c3ccn(C4(CC#N)CC(C)(C#N)C4)n3)n2)n[nH]1. The highest BCUT2D eigenvalue weighted by molar-refractivity contribution is 5.93. The number of aromatic nitrogens is 6. The van der Waals surface area contributed by atoms with E-state index in [4.69, 9.17) is 10.1 Å². The maximum absolute atomic E-state index is 9.45. The average molecular weight is 408 g/mol. The van der Waals surface area contributed by atoms with Gasteiger partial charge >= 0.3 is 0 Å². The summed E-state index contributed by atoms with van der Waals surface area (Å²) in [5.74, 6) is 0. The lowest BCUT2D eigenvalue weighted by molar-refractivity contribution is 0.0200. The molecule has 0 bridgehead atoms. The first-order valence-corrected chi connectivity index (χ1v) is 10.1. The Labute approximate surface area is 179 Å². The smallest absolute Gasteiger partial charge is 0.111 e. The predicted molar refractivity (Wildman–Crippen MR) is 114 cm³/mol. The Balaban J connectivity index is 1.62. The monoisotopic (exact) mass is 408 g/mol. The average Bonchev–Trinajstić information content (AvgIpc) is 3.41. The molecule has 1 aliphatic carbocycles. The second kappa shape index (κ2) is 6.75. The first-order chi connectivity index (χ1) is 15.0. The number of aromatic amines is 1. The molecule has 4 aromatic rings. The van der Waals surface area contributed by atoms with Crippen LogP contribution in [0.1, 0.15) is 31.9 Å². The van der Waals surface area contributed by atoms with E-state index in [0.717, 1.165) is 28.0 Å². The normalized spacial score (nSPS) is 22.6. The van der Waals surface area contributed by atoms with Crippen LogP contribution in [0.3, 0.4) is 0 Å². The summed E-state index contributed by atoms with van der Waals surface area (Å²) in [5, 5.41) is 31.9. The van der Waals surface area contributed by atoms with Crippen molar-refractivity contribution in [2.24, 2.45) is 5.41 Å². The van der Waals surface area contributed by atoms with Gasteiger partial charge in [-0.15, -0.1) is 0 Å². The van der Waals surface area contributed by atoms with Gasteiger partial charge in [0.25, 0.3) is 0 Å². The molecule has 4 aromatic heterocycles.